The minimum atomic E-state index is 0.168. The van der Waals surface area contributed by atoms with Crippen molar-refractivity contribution in [3.63, 3.8) is 0 Å². The Labute approximate surface area is 111 Å². The zero-order chi connectivity index (χ0) is 12.8. The lowest BCUT2D eigenvalue weighted by Crippen LogP contribution is -2.01. The lowest BCUT2D eigenvalue weighted by atomic mass is 9.94. The summed E-state index contributed by atoms with van der Waals surface area (Å²) >= 11 is 6.50. The standard InChI is InChI=1S/C16H25Cl/c1-5-12(4)10-16(17)15-9-8-13(6-2)14(7-3)11-15/h8-9,11-12,16H,5-7,10H2,1-4H3. The lowest BCUT2D eigenvalue weighted by molar-refractivity contribution is 0.508. The molecule has 1 aromatic rings. The van der Waals surface area contributed by atoms with Crippen LogP contribution in [0.4, 0.5) is 0 Å². The molecule has 17 heavy (non-hydrogen) atoms. The minimum absolute atomic E-state index is 0.168. The zero-order valence-corrected chi connectivity index (χ0v) is 12.3. The Hall–Kier alpha value is -0.490. The van der Waals surface area contributed by atoms with E-state index in [0.29, 0.717) is 5.92 Å². The van der Waals surface area contributed by atoms with Crippen LogP contribution >= 0.6 is 11.6 Å². The van der Waals surface area contributed by atoms with Crippen LogP contribution in [0.1, 0.15) is 62.6 Å². The number of benzene rings is 1. The molecule has 0 heterocycles. The molecule has 0 aliphatic rings. The Morgan fingerprint density at radius 3 is 2.24 bits per heavy atom. The van der Waals surface area contributed by atoms with Gasteiger partial charge in [0.25, 0.3) is 0 Å². The Balaban J connectivity index is 2.84. The number of hydrogen-bond donors (Lipinski definition) is 0. The fourth-order valence-electron chi connectivity index (χ4n) is 2.17. The van der Waals surface area contributed by atoms with Crippen LogP contribution in [0.5, 0.6) is 0 Å². The Morgan fingerprint density at radius 1 is 1.06 bits per heavy atom. The first-order valence-electron chi connectivity index (χ1n) is 6.88. The van der Waals surface area contributed by atoms with Crippen molar-refractivity contribution in [2.75, 3.05) is 0 Å². The van der Waals surface area contributed by atoms with Crippen molar-refractivity contribution in [1.82, 2.24) is 0 Å². The number of aryl methyl sites for hydroxylation is 2. The molecule has 0 saturated carbocycles. The molecule has 0 nitrogen and oxygen atoms in total. The van der Waals surface area contributed by atoms with Gasteiger partial charge >= 0.3 is 0 Å². The fraction of sp³-hybridized carbons (Fsp3) is 0.625. The molecule has 0 bridgehead atoms. The largest absolute Gasteiger partial charge is 0.118 e. The monoisotopic (exact) mass is 252 g/mol. The van der Waals surface area contributed by atoms with Crippen molar-refractivity contribution in [2.24, 2.45) is 5.92 Å². The maximum Gasteiger partial charge on any atom is 0.0587 e. The first-order chi connectivity index (χ1) is 8.12. The molecule has 0 N–H and O–H groups in total. The fourth-order valence-corrected chi connectivity index (χ4v) is 2.61. The Bertz CT molecular complexity index is 343. The third-order valence-corrected chi connectivity index (χ3v) is 4.09. The average molecular weight is 253 g/mol. The van der Waals surface area contributed by atoms with Gasteiger partial charge in [0.05, 0.1) is 5.38 Å². The predicted molar refractivity (Wildman–Crippen MR) is 77.9 cm³/mol. The summed E-state index contributed by atoms with van der Waals surface area (Å²) in [6, 6.07) is 6.76. The first-order valence-corrected chi connectivity index (χ1v) is 7.31. The first kappa shape index (κ1) is 14.6. The quantitative estimate of drug-likeness (QED) is 0.584. The molecule has 1 rings (SSSR count). The SMILES string of the molecule is CCc1ccc(C(Cl)CC(C)CC)cc1CC. The summed E-state index contributed by atoms with van der Waals surface area (Å²) in [5.74, 6) is 0.702. The van der Waals surface area contributed by atoms with E-state index in [-0.39, 0.29) is 5.38 Å². The molecule has 0 radical (unpaired) electrons. The summed E-state index contributed by atoms with van der Waals surface area (Å²) in [7, 11) is 0. The average Bonchev–Trinajstić information content (AvgIpc) is 2.37. The second-order valence-electron chi connectivity index (χ2n) is 4.95. The van der Waals surface area contributed by atoms with E-state index >= 15 is 0 Å². The molecule has 0 aromatic heterocycles. The zero-order valence-electron chi connectivity index (χ0n) is 11.6. The van der Waals surface area contributed by atoms with Crippen molar-refractivity contribution >= 4 is 11.6 Å². The van der Waals surface area contributed by atoms with Crippen LogP contribution in [0.15, 0.2) is 18.2 Å². The predicted octanol–water partition coefficient (Wildman–Crippen LogP) is 5.53. The molecule has 0 fully saturated rings. The maximum absolute atomic E-state index is 6.50. The van der Waals surface area contributed by atoms with Gasteiger partial charge in [0.15, 0.2) is 0 Å². The number of rotatable bonds is 6. The van der Waals surface area contributed by atoms with Gasteiger partial charge in [-0.05, 0) is 41.9 Å². The second-order valence-corrected chi connectivity index (χ2v) is 5.48. The highest BCUT2D eigenvalue weighted by Crippen LogP contribution is 2.30. The van der Waals surface area contributed by atoms with Crippen LogP contribution in [0.3, 0.4) is 0 Å². The molecule has 96 valence electrons. The van der Waals surface area contributed by atoms with Gasteiger partial charge in [0.2, 0.25) is 0 Å². The van der Waals surface area contributed by atoms with Crippen LogP contribution in [0, 0.1) is 5.92 Å². The number of hydrogen-bond acceptors (Lipinski definition) is 0. The Morgan fingerprint density at radius 2 is 1.71 bits per heavy atom. The molecule has 1 aromatic carbocycles. The van der Waals surface area contributed by atoms with E-state index in [1.54, 1.807) is 0 Å². The summed E-state index contributed by atoms with van der Waals surface area (Å²) in [6.07, 6.45) is 4.50. The summed E-state index contributed by atoms with van der Waals surface area (Å²) in [5, 5.41) is 0.168. The molecular weight excluding hydrogens is 228 g/mol. The highest BCUT2D eigenvalue weighted by atomic mass is 35.5. The van der Waals surface area contributed by atoms with E-state index in [4.69, 9.17) is 11.6 Å². The molecule has 1 heteroatoms. The van der Waals surface area contributed by atoms with Crippen LogP contribution in [-0.2, 0) is 12.8 Å². The molecule has 0 aliphatic carbocycles. The molecule has 0 spiro atoms. The van der Waals surface area contributed by atoms with Crippen molar-refractivity contribution < 1.29 is 0 Å². The summed E-state index contributed by atoms with van der Waals surface area (Å²) < 4.78 is 0. The van der Waals surface area contributed by atoms with Crippen LogP contribution in [0.2, 0.25) is 0 Å². The summed E-state index contributed by atoms with van der Waals surface area (Å²) in [6.45, 7) is 8.93. The minimum Gasteiger partial charge on any atom is -0.118 e. The highest BCUT2D eigenvalue weighted by Gasteiger charge is 2.12. The van der Waals surface area contributed by atoms with E-state index in [2.05, 4.69) is 45.9 Å². The molecule has 2 unspecified atom stereocenters. The van der Waals surface area contributed by atoms with Gasteiger partial charge in [0, 0.05) is 0 Å². The number of alkyl halides is 1. The van der Waals surface area contributed by atoms with Crippen molar-refractivity contribution in [2.45, 2.75) is 58.8 Å². The van der Waals surface area contributed by atoms with Crippen LogP contribution < -0.4 is 0 Å². The van der Waals surface area contributed by atoms with Gasteiger partial charge in [-0.15, -0.1) is 11.6 Å². The number of halogens is 1. The second kappa shape index (κ2) is 7.06. The van der Waals surface area contributed by atoms with Crippen molar-refractivity contribution in [3.8, 4) is 0 Å². The lowest BCUT2D eigenvalue weighted by Gasteiger charge is -2.16. The summed E-state index contributed by atoms with van der Waals surface area (Å²) in [4.78, 5) is 0. The van der Waals surface area contributed by atoms with E-state index in [9.17, 15) is 0 Å². The van der Waals surface area contributed by atoms with E-state index in [1.165, 1.54) is 23.1 Å². The Kier molecular flexibility index (Phi) is 6.05. The molecule has 0 saturated heterocycles. The highest BCUT2D eigenvalue weighted by molar-refractivity contribution is 6.20. The van der Waals surface area contributed by atoms with Gasteiger partial charge in [-0.2, -0.15) is 0 Å². The third-order valence-electron chi connectivity index (χ3n) is 3.66. The third kappa shape index (κ3) is 4.03. The maximum atomic E-state index is 6.50. The van der Waals surface area contributed by atoms with Gasteiger partial charge < -0.3 is 0 Å². The van der Waals surface area contributed by atoms with Gasteiger partial charge in [-0.3, -0.25) is 0 Å². The van der Waals surface area contributed by atoms with Crippen LogP contribution in [-0.4, -0.2) is 0 Å². The van der Waals surface area contributed by atoms with Crippen molar-refractivity contribution in [3.05, 3.63) is 34.9 Å². The molecule has 2 atom stereocenters. The van der Waals surface area contributed by atoms with Gasteiger partial charge in [-0.1, -0.05) is 52.3 Å². The summed E-state index contributed by atoms with van der Waals surface area (Å²) in [5.41, 5.74) is 4.21. The van der Waals surface area contributed by atoms with Crippen LogP contribution in [0.25, 0.3) is 0 Å². The van der Waals surface area contributed by atoms with E-state index in [1.807, 2.05) is 0 Å². The van der Waals surface area contributed by atoms with Crippen molar-refractivity contribution in [1.29, 1.82) is 0 Å². The van der Waals surface area contributed by atoms with E-state index < -0.39 is 0 Å². The molecular formula is C16H25Cl. The normalized spacial score (nSPS) is 14.6. The van der Waals surface area contributed by atoms with E-state index in [0.717, 1.165) is 19.3 Å². The molecule has 0 aliphatic heterocycles. The topological polar surface area (TPSA) is 0 Å². The smallest absolute Gasteiger partial charge is 0.0587 e. The van der Waals surface area contributed by atoms with Gasteiger partial charge in [-0.25, -0.2) is 0 Å². The van der Waals surface area contributed by atoms with Gasteiger partial charge in [0.1, 0.15) is 0 Å². The molecule has 0 amide bonds.